The maximum absolute atomic E-state index is 12.5. The molecule has 1 N–H and O–H groups in total. The summed E-state index contributed by atoms with van der Waals surface area (Å²) in [4.78, 5) is 26.5. The van der Waals surface area contributed by atoms with E-state index in [9.17, 15) is 9.59 Å². The van der Waals surface area contributed by atoms with Gasteiger partial charge in [0.2, 0.25) is 11.8 Å². The molecular weight excluding hydrogens is 348 g/mol. The van der Waals surface area contributed by atoms with Gasteiger partial charge in [0.1, 0.15) is 0 Å². The number of nitrogens with zero attached hydrogens (tertiary/aromatic N) is 1. The minimum Gasteiger partial charge on any atom is -0.352 e. The smallest absolute Gasteiger partial charge is 0.225 e. The van der Waals surface area contributed by atoms with E-state index in [1.165, 1.54) is 5.56 Å². The van der Waals surface area contributed by atoms with Crippen LogP contribution < -0.4 is 5.32 Å². The summed E-state index contributed by atoms with van der Waals surface area (Å²) in [5.41, 5.74) is 3.29. The molecule has 1 aliphatic rings. The topological polar surface area (TPSA) is 49.4 Å². The SMILES string of the molecule is Cc1ccc(CNC(=O)C2CCC(=O)N(Cc3ccc(Cl)cc3)C2)cc1. The molecule has 1 atom stereocenters. The van der Waals surface area contributed by atoms with E-state index in [1.54, 1.807) is 4.90 Å². The number of likely N-dealkylation sites (tertiary alicyclic amines) is 1. The fourth-order valence-corrected chi connectivity index (χ4v) is 3.26. The summed E-state index contributed by atoms with van der Waals surface area (Å²) in [7, 11) is 0. The second kappa shape index (κ2) is 8.37. The zero-order valence-electron chi connectivity index (χ0n) is 14.9. The number of aryl methyl sites for hydroxylation is 1. The van der Waals surface area contributed by atoms with Crippen molar-refractivity contribution in [2.45, 2.75) is 32.9 Å². The van der Waals surface area contributed by atoms with E-state index in [2.05, 4.69) is 5.32 Å². The Labute approximate surface area is 159 Å². The van der Waals surface area contributed by atoms with Crippen LogP contribution in [0.4, 0.5) is 0 Å². The molecule has 3 rings (SSSR count). The van der Waals surface area contributed by atoms with Gasteiger partial charge in [-0.15, -0.1) is 0 Å². The van der Waals surface area contributed by atoms with Gasteiger partial charge in [-0.2, -0.15) is 0 Å². The van der Waals surface area contributed by atoms with Gasteiger partial charge in [0, 0.05) is 31.1 Å². The number of rotatable bonds is 5. The molecule has 136 valence electrons. The van der Waals surface area contributed by atoms with Gasteiger partial charge in [-0.05, 0) is 36.6 Å². The molecule has 1 fully saturated rings. The normalized spacial score (nSPS) is 17.2. The van der Waals surface area contributed by atoms with Crippen molar-refractivity contribution in [3.05, 3.63) is 70.2 Å². The summed E-state index contributed by atoms with van der Waals surface area (Å²) in [6.07, 6.45) is 1.02. The fourth-order valence-electron chi connectivity index (χ4n) is 3.13. The van der Waals surface area contributed by atoms with Crippen molar-refractivity contribution in [1.82, 2.24) is 10.2 Å². The molecule has 0 aromatic heterocycles. The lowest BCUT2D eigenvalue weighted by Gasteiger charge is -2.32. The number of nitrogens with one attached hydrogen (secondary N) is 1. The highest BCUT2D eigenvalue weighted by molar-refractivity contribution is 6.30. The molecule has 1 heterocycles. The van der Waals surface area contributed by atoms with E-state index >= 15 is 0 Å². The van der Waals surface area contributed by atoms with Crippen LogP contribution in [0.5, 0.6) is 0 Å². The van der Waals surface area contributed by atoms with Crippen LogP contribution in [0.1, 0.15) is 29.5 Å². The summed E-state index contributed by atoms with van der Waals surface area (Å²) in [6, 6.07) is 15.6. The van der Waals surface area contributed by atoms with Crippen molar-refractivity contribution in [2.24, 2.45) is 5.92 Å². The van der Waals surface area contributed by atoms with Crippen molar-refractivity contribution in [3.63, 3.8) is 0 Å². The number of benzene rings is 2. The molecule has 0 bridgehead atoms. The molecule has 2 amide bonds. The van der Waals surface area contributed by atoms with Gasteiger partial charge in [-0.3, -0.25) is 9.59 Å². The van der Waals surface area contributed by atoms with Gasteiger partial charge in [0.15, 0.2) is 0 Å². The van der Waals surface area contributed by atoms with Crippen LogP contribution in [0.25, 0.3) is 0 Å². The average Bonchev–Trinajstić information content (AvgIpc) is 2.64. The van der Waals surface area contributed by atoms with E-state index in [-0.39, 0.29) is 17.7 Å². The highest BCUT2D eigenvalue weighted by Gasteiger charge is 2.30. The number of hydrogen-bond acceptors (Lipinski definition) is 2. The van der Waals surface area contributed by atoms with Gasteiger partial charge in [-0.1, -0.05) is 53.6 Å². The third-order valence-corrected chi connectivity index (χ3v) is 5.00. The Hall–Kier alpha value is -2.33. The van der Waals surface area contributed by atoms with E-state index < -0.39 is 0 Å². The lowest BCUT2D eigenvalue weighted by atomic mass is 9.96. The summed E-state index contributed by atoms with van der Waals surface area (Å²) in [6.45, 7) is 3.52. The molecular formula is C21H23ClN2O2. The number of piperidine rings is 1. The molecule has 26 heavy (non-hydrogen) atoms. The Morgan fingerprint density at radius 1 is 1.12 bits per heavy atom. The van der Waals surface area contributed by atoms with E-state index in [1.807, 2.05) is 55.5 Å². The average molecular weight is 371 g/mol. The highest BCUT2D eigenvalue weighted by Crippen LogP contribution is 2.21. The molecule has 1 saturated heterocycles. The Morgan fingerprint density at radius 2 is 1.77 bits per heavy atom. The van der Waals surface area contributed by atoms with Crippen LogP contribution in [0, 0.1) is 12.8 Å². The van der Waals surface area contributed by atoms with Crippen LogP contribution in [-0.2, 0) is 22.7 Å². The molecule has 0 saturated carbocycles. The Kier molecular flexibility index (Phi) is 5.94. The van der Waals surface area contributed by atoms with Crippen LogP contribution in [0.3, 0.4) is 0 Å². The lowest BCUT2D eigenvalue weighted by Crippen LogP contribution is -2.45. The van der Waals surface area contributed by atoms with Crippen LogP contribution in [0.15, 0.2) is 48.5 Å². The lowest BCUT2D eigenvalue weighted by molar-refractivity contribution is -0.138. The monoisotopic (exact) mass is 370 g/mol. The zero-order chi connectivity index (χ0) is 18.5. The molecule has 4 nitrogen and oxygen atoms in total. The molecule has 5 heteroatoms. The predicted molar refractivity (Wildman–Crippen MR) is 103 cm³/mol. The fraction of sp³-hybridized carbons (Fsp3) is 0.333. The van der Waals surface area contributed by atoms with Crippen molar-refractivity contribution in [1.29, 1.82) is 0 Å². The molecule has 0 spiro atoms. The quantitative estimate of drug-likeness (QED) is 0.872. The Balaban J connectivity index is 1.56. The largest absolute Gasteiger partial charge is 0.352 e. The Morgan fingerprint density at radius 3 is 2.46 bits per heavy atom. The molecule has 0 radical (unpaired) electrons. The molecule has 2 aromatic carbocycles. The van der Waals surface area contributed by atoms with E-state index in [4.69, 9.17) is 11.6 Å². The minimum absolute atomic E-state index is 0.0131. The summed E-state index contributed by atoms with van der Waals surface area (Å²) in [5.74, 6) is -0.0489. The maximum Gasteiger partial charge on any atom is 0.225 e. The third kappa shape index (κ3) is 4.85. The van der Waals surface area contributed by atoms with Crippen molar-refractivity contribution >= 4 is 23.4 Å². The second-order valence-corrected chi connectivity index (χ2v) is 7.28. The molecule has 0 aliphatic carbocycles. The summed E-state index contributed by atoms with van der Waals surface area (Å²) in [5, 5.41) is 3.67. The molecule has 2 aromatic rings. The molecule has 1 unspecified atom stereocenters. The number of halogens is 1. The maximum atomic E-state index is 12.5. The second-order valence-electron chi connectivity index (χ2n) is 6.84. The van der Waals surface area contributed by atoms with Gasteiger partial charge in [-0.25, -0.2) is 0 Å². The van der Waals surface area contributed by atoms with E-state index in [0.717, 1.165) is 11.1 Å². The van der Waals surface area contributed by atoms with Gasteiger partial charge in [0.05, 0.1) is 5.92 Å². The number of hydrogen-bond donors (Lipinski definition) is 1. The van der Waals surface area contributed by atoms with Crippen molar-refractivity contribution < 1.29 is 9.59 Å². The minimum atomic E-state index is -0.162. The van der Waals surface area contributed by atoms with Crippen molar-refractivity contribution in [3.8, 4) is 0 Å². The number of carbonyl (C=O) groups excluding carboxylic acids is 2. The zero-order valence-corrected chi connectivity index (χ0v) is 15.6. The van der Waals surface area contributed by atoms with Crippen molar-refractivity contribution in [2.75, 3.05) is 6.54 Å². The predicted octanol–water partition coefficient (Wildman–Crippen LogP) is 3.70. The molecule has 1 aliphatic heterocycles. The summed E-state index contributed by atoms with van der Waals surface area (Å²) < 4.78 is 0. The van der Waals surface area contributed by atoms with E-state index in [0.29, 0.717) is 37.5 Å². The first-order valence-corrected chi connectivity index (χ1v) is 9.24. The first kappa shape index (κ1) is 18.5. The first-order chi connectivity index (χ1) is 12.5. The summed E-state index contributed by atoms with van der Waals surface area (Å²) >= 11 is 5.91. The first-order valence-electron chi connectivity index (χ1n) is 8.87. The Bertz CT molecular complexity index is 772. The standard InChI is InChI=1S/C21H23ClN2O2/c1-15-2-4-16(5-3-15)12-23-21(26)18-8-11-20(25)24(14-18)13-17-6-9-19(22)10-7-17/h2-7,9-10,18H,8,11-14H2,1H3,(H,23,26). The van der Waals surface area contributed by atoms with Gasteiger partial charge >= 0.3 is 0 Å². The van der Waals surface area contributed by atoms with Gasteiger partial charge < -0.3 is 10.2 Å². The van der Waals surface area contributed by atoms with Gasteiger partial charge in [0.25, 0.3) is 0 Å². The third-order valence-electron chi connectivity index (χ3n) is 4.74. The van der Waals surface area contributed by atoms with Crippen LogP contribution >= 0.6 is 11.6 Å². The number of carbonyl (C=O) groups is 2. The highest BCUT2D eigenvalue weighted by atomic mass is 35.5. The van der Waals surface area contributed by atoms with Crippen LogP contribution in [-0.4, -0.2) is 23.3 Å². The van der Waals surface area contributed by atoms with Crippen LogP contribution in [0.2, 0.25) is 5.02 Å². The number of amides is 2.